The Labute approximate surface area is 141 Å². The number of anilines is 1. The van der Waals surface area contributed by atoms with E-state index >= 15 is 0 Å². The van der Waals surface area contributed by atoms with Gasteiger partial charge in [-0.2, -0.15) is 0 Å². The van der Waals surface area contributed by atoms with Gasteiger partial charge in [0.05, 0.1) is 14.2 Å². The van der Waals surface area contributed by atoms with Gasteiger partial charge in [0.25, 0.3) is 0 Å². The maximum atomic E-state index is 12.9. The molecule has 0 N–H and O–H groups in total. The second kappa shape index (κ2) is 5.82. The van der Waals surface area contributed by atoms with E-state index in [0.29, 0.717) is 0 Å². The number of pyridine rings is 1. The molecule has 0 saturated heterocycles. The van der Waals surface area contributed by atoms with Gasteiger partial charge in [-0.15, -0.1) is 0 Å². The summed E-state index contributed by atoms with van der Waals surface area (Å²) < 4.78 is 10.8. The molecular formula is C19H20N2O3. The van der Waals surface area contributed by atoms with Gasteiger partial charge >= 0.3 is 0 Å². The minimum absolute atomic E-state index is 0.0186. The van der Waals surface area contributed by atoms with E-state index in [2.05, 4.69) is 4.98 Å². The number of amides is 1. The number of nitrogens with zero attached hydrogens (tertiary/aromatic N) is 2. The van der Waals surface area contributed by atoms with E-state index in [1.54, 1.807) is 20.4 Å². The largest absolute Gasteiger partial charge is 0.497 e. The summed E-state index contributed by atoms with van der Waals surface area (Å²) in [4.78, 5) is 19.0. The van der Waals surface area contributed by atoms with Crippen LogP contribution >= 0.6 is 0 Å². The molecule has 2 aromatic rings. The Balaban J connectivity index is 1.56. The van der Waals surface area contributed by atoms with E-state index in [1.165, 1.54) is 0 Å². The number of hydrogen-bond donors (Lipinski definition) is 0. The van der Waals surface area contributed by atoms with Crippen molar-refractivity contribution in [2.24, 2.45) is 5.92 Å². The van der Waals surface area contributed by atoms with E-state index in [-0.39, 0.29) is 17.7 Å². The van der Waals surface area contributed by atoms with Crippen molar-refractivity contribution in [3.63, 3.8) is 0 Å². The summed E-state index contributed by atoms with van der Waals surface area (Å²) in [5, 5.41) is 0. The number of fused-ring (bicyclic) bond motifs is 1. The van der Waals surface area contributed by atoms with Crippen LogP contribution in [-0.2, 0) is 11.2 Å². The highest BCUT2D eigenvalue weighted by Gasteiger charge is 2.48. The van der Waals surface area contributed by atoms with Gasteiger partial charge in [0.2, 0.25) is 5.91 Å². The lowest BCUT2D eigenvalue weighted by molar-refractivity contribution is -0.119. The summed E-state index contributed by atoms with van der Waals surface area (Å²) in [6.07, 6.45) is 5.35. The Kier molecular flexibility index (Phi) is 3.63. The quantitative estimate of drug-likeness (QED) is 0.868. The lowest BCUT2D eigenvalue weighted by Crippen LogP contribution is -2.30. The van der Waals surface area contributed by atoms with Gasteiger partial charge in [-0.3, -0.25) is 9.78 Å². The molecule has 2 heterocycles. The fourth-order valence-corrected chi connectivity index (χ4v) is 3.60. The number of carbonyl (C=O) groups is 1. The Morgan fingerprint density at radius 1 is 1.25 bits per heavy atom. The van der Waals surface area contributed by atoms with E-state index in [0.717, 1.165) is 47.7 Å². The van der Waals surface area contributed by atoms with Crippen LogP contribution in [-0.4, -0.2) is 31.7 Å². The number of benzene rings is 1. The molecule has 1 amide bonds. The Morgan fingerprint density at radius 2 is 2.12 bits per heavy atom. The van der Waals surface area contributed by atoms with Gasteiger partial charge in [-0.05, 0) is 42.7 Å². The first-order valence-corrected chi connectivity index (χ1v) is 8.19. The number of carbonyl (C=O) groups excluding carboxylic acids is 1. The average Bonchev–Trinajstić information content (AvgIpc) is 3.32. The van der Waals surface area contributed by atoms with Crippen molar-refractivity contribution in [3.05, 3.63) is 47.8 Å². The van der Waals surface area contributed by atoms with Gasteiger partial charge in [0.1, 0.15) is 11.5 Å². The molecule has 0 spiro atoms. The second-order valence-electron chi connectivity index (χ2n) is 6.30. The van der Waals surface area contributed by atoms with Crippen LogP contribution in [0.25, 0.3) is 0 Å². The van der Waals surface area contributed by atoms with Crippen LogP contribution in [0.3, 0.4) is 0 Å². The van der Waals surface area contributed by atoms with Gasteiger partial charge in [-0.25, -0.2) is 0 Å². The summed E-state index contributed by atoms with van der Waals surface area (Å²) in [5.74, 6) is 2.04. The Morgan fingerprint density at radius 3 is 2.92 bits per heavy atom. The fraction of sp³-hybridized carbons (Fsp3) is 0.368. The van der Waals surface area contributed by atoms with Crippen LogP contribution < -0.4 is 14.4 Å². The zero-order valence-electron chi connectivity index (χ0n) is 13.9. The molecule has 4 rings (SSSR count). The van der Waals surface area contributed by atoms with Crippen molar-refractivity contribution in [1.29, 1.82) is 0 Å². The molecule has 2 aliphatic rings. The minimum Gasteiger partial charge on any atom is -0.497 e. The molecule has 1 saturated carbocycles. The van der Waals surface area contributed by atoms with Crippen LogP contribution in [0, 0.1) is 5.92 Å². The number of hydrogen-bond acceptors (Lipinski definition) is 4. The zero-order valence-corrected chi connectivity index (χ0v) is 13.9. The lowest BCUT2D eigenvalue weighted by Gasteiger charge is -2.17. The maximum absolute atomic E-state index is 12.9. The molecule has 1 aliphatic carbocycles. The van der Waals surface area contributed by atoms with Gasteiger partial charge < -0.3 is 14.4 Å². The van der Waals surface area contributed by atoms with Crippen molar-refractivity contribution in [3.8, 4) is 11.5 Å². The fourth-order valence-electron chi connectivity index (χ4n) is 3.60. The molecule has 24 heavy (non-hydrogen) atoms. The predicted molar refractivity (Wildman–Crippen MR) is 90.7 cm³/mol. The highest BCUT2D eigenvalue weighted by molar-refractivity contribution is 5.99. The third kappa shape index (κ3) is 2.40. The lowest BCUT2D eigenvalue weighted by atomic mass is 10.1. The van der Waals surface area contributed by atoms with E-state index in [4.69, 9.17) is 9.47 Å². The third-order valence-corrected chi connectivity index (χ3v) is 4.98. The smallest absolute Gasteiger partial charge is 0.230 e. The van der Waals surface area contributed by atoms with Crippen LogP contribution in [0.15, 0.2) is 36.7 Å². The van der Waals surface area contributed by atoms with E-state index < -0.39 is 0 Å². The summed E-state index contributed by atoms with van der Waals surface area (Å²) in [6, 6.07) is 7.71. The topological polar surface area (TPSA) is 51.7 Å². The molecule has 0 radical (unpaired) electrons. The second-order valence-corrected chi connectivity index (χ2v) is 6.30. The van der Waals surface area contributed by atoms with Crippen molar-refractivity contribution in [2.45, 2.75) is 18.8 Å². The number of methoxy groups -OCH3 is 2. The third-order valence-electron chi connectivity index (χ3n) is 4.98. The first kappa shape index (κ1) is 15.0. The first-order valence-electron chi connectivity index (χ1n) is 8.19. The maximum Gasteiger partial charge on any atom is 0.230 e. The van der Waals surface area contributed by atoms with Crippen LogP contribution in [0.1, 0.15) is 23.5 Å². The molecule has 1 aromatic carbocycles. The molecular weight excluding hydrogens is 304 g/mol. The number of ether oxygens (including phenoxy) is 2. The summed E-state index contributed by atoms with van der Waals surface area (Å²) in [5.41, 5.74) is 3.23. The molecule has 5 nitrogen and oxygen atoms in total. The molecule has 124 valence electrons. The van der Waals surface area contributed by atoms with Crippen LogP contribution in [0.5, 0.6) is 11.5 Å². The summed E-state index contributed by atoms with van der Waals surface area (Å²) in [6.45, 7) is 0.748. The Hall–Kier alpha value is -2.56. The molecule has 0 bridgehead atoms. The molecule has 1 fully saturated rings. The van der Waals surface area contributed by atoms with Crippen molar-refractivity contribution < 1.29 is 14.3 Å². The van der Waals surface area contributed by atoms with Gasteiger partial charge in [-0.1, -0.05) is 0 Å². The van der Waals surface area contributed by atoms with Gasteiger partial charge in [0.15, 0.2) is 0 Å². The molecule has 5 heteroatoms. The monoisotopic (exact) mass is 324 g/mol. The molecule has 1 aromatic heterocycles. The summed E-state index contributed by atoms with van der Waals surface area (Å²) in [7, 11) is 3.31. The number of rotatable bonds is 4. The van der Waals surface area contributed by atoms with Crippen molar-refractivity contribution in [1.82, 2.24) is 4.98 Å². The predicted octanol–water partition coefficient (Wildman–Crippen LogP) is 2.79. The average molecular weight is 324 g/mol. The standard InChI is InChI=1S/C19H20N2O3/c1-23-13-3-4-18(24-2)15(9-13)14-10-16(14)19(22)21-8-6-12-11-20-7-5-17(12)21/h3-5,7,9,11,14,16H,6,8,10H2,1-2H3/t14-,16+/m0/s1. The molecule has 1 aliphatic heterocycles. The van der Waals surface area contributed by atoms with Crippen LogP contribution in [0.2, 0.25) is 0 Å². The zero-order chi connectivity index (χ0) is 16.7. The minimum atomic E-state index is 0.0186. The van der Waals surface area contributed by atoms with Crippen LogP contribution in [0.4, 0.5) is 5.69 Å². The first-order chi connectivity index (χ1) is 11.7. The highest BCUT2D eigenvalue weighted by Crippen LogP contribution is 2.52. The summed E-state index contributed by atoms with van der Waals surface area (Å²) >= 11 is 0. The normalized spacial score (nSPS) is 21.3. The molecule has 0 unspecified atom stereocenters. The van der Waals surface area contributed by atoms with Crippen molar-refractivity contribution in [2.75, 3.05) is 25.7 Å². The van der Waals surface area contributed by atoms with Gasteiger partial charge in [0, 0.05) is 42.0 Å². The Bertz CT molecular complexity index is 790. The highest BCUT2D eigenvalue weighted by atomic mass is 16.5. The van der Waals surface area contributed by atoms with E-state index in [1.807, 2.05) is 35.4 Å². The number of aromatic nitrogens is 1. The van der Waals surface area contributed by atoms with E-state index in [9.17, 15) is 4.79 Å². The van der Waals surface area contributed by atoms with Crippen molar-refractivity contribution >= 4 is 11.6 Å². The molecule has 2 atom stereocenters. The SMILES string of the molecule is COc1ccc(OC)c([C@@H]2C[C@H]2C(=O)N2CCc3cnccc32)c1.